The highest BCUT2D eigenvalue weighted by molar-refractivity contribution is 5.86. The first kappa shape index (κ1) is 15.0. The van der Waals surface area contributed by atoms with E-state index in [1.807, 2.05) is 31.2 Å². The van der Waals surface area contributed by atoms with Crippen LogP contribution in [0.2, 0.25) is 0 Å². The molecule has 0 aromatic heterocycles. The van der Waals surface area contributed by atoms with Gasteiger partial charge in [-0.1, -0.05) is 42.5 Å². The maximum Gasteiger partial charge on any atom is 0.0886 e. The smallest absolute Gasteiger partial charge is 0.0886 e. The van der Waals surface area contributed by atoms with Crippen LogP contribution in [0.1, 0.15) is 18.9 Å². The molecule has 0 fully saturated rings. The first-order valence-electron chi connectivity index (χ1n) is 7.05. The van der Waals surface area contributed by atoms with Crippen molar-refractivity contribution in [3.05, 3.63) is 48.0 Å². The van der Waals surface area contributed by atoms with Crippen molar-refractivity contribution in [2.24, 2.45) is 0 Å². The lowest BCUT2D eigenvalue weighted by molar-refractivity contribution is 0.0490. The first-order chi connectivity index (χ1) is 9.65. The van der Waals surface area contributed by atoms with Crippen molar-refractivity contribution in [3.8, 4) is 0 Å². The molecule has 20 heavy (non-hydrogen) atoms. The van der Waals surface area contributed by atoms with Gasteiger partial charge in [-0.25, -0.2) is 0 Å². The highest BCUT2D eigenvalue weighted by atomic mass is 16.5. The lowest BCUT2D eigenvalue weighted by Crippen LogP contribution is -2.29. The van der Waals surface area contributed by atoms with Crippen molar-refractivity contribution >= 4 is 10.8 Å². The summed E-state index contributed by atoms with van der Waals surface area (Å²) in [6.07, 6.45) is 0.671. The van der Waals surface area contributed by atoms with Gasteiger partial charge in [-0.2, -0.15) is 0 Å². The van der Waals surface area contributed by atoms with Crippen molar-refractivity contribution in [2.45, 2.75) is 18.9 Å². The van der Waals surface area contributed by atoms with Crippen molar-refractivity contribution in [1.29, 1.82) is 0 Å². The van der Waals surface area contributed by atoms with Crippen LogP contribution < -0.4 is 5.32 Å². The van der Waals surface area contributed by atoms with Crippen molar-refractivity contribution in [2.75, 3.05) is 26.8 Å². The van der Waals surface area contributed by atoms with Crippen molar-refractivity contribution in [1.82, 2.24) is 5.32 Å². The minimum absolute atomic E-state index is 0.671. The van der Waals surface area contributed by atoms with E-state index >= 15 is 0 Å². The zero-order valence-electron chi connectivity index (χ0n) is 12.2. The average Bonchev–Trinajstić information content (AvgIpc) is 2.46. The molecule has 0 aliphatic carbocycles. The Labute approximate surface area is 120 Å². The predicted molar refractivity (Wildman–Crippen MR) is 82.9 cm³/mol. The van der Waals surface area contributed by atoms with Crippen LogP contribution in [0.5, 0.6) is 0 Å². The van der Waals surface area contributed by atoms with Crippen LogP contribution in [-0.4, -0.2) is 31.9 Å². The quantitative estimate of drug-likeness (QED) is 0.762. The molecule has 0 radical (unpaired) electrons. The Morgan fingerprint density at radius 2 is 1.85 bits per heavy atom. The monoisotopic (exact) mass is 273 g/mol. The Bertz CT molecular complexity index is 546. The summed E-state index contributed by atoms with van der Waals surface area (Å²) in [5.74, 6) is 0. The molecule has 2 N–H and O–H groups in total. The fourth-order valence-corrected chi connectivity index (χ4v) is 2.46. The molecule has 3 nitrogen and oxygen atoms in total. The van der Waals surface area contributed by atoms with Crippen LogP contribution in [0.4, 0.5) is 0 Å². The van der Waals surface area contributed by atoms with Crippen LogP contribution in [0.25, 0.3) is 10.8 Å². The molecule has 2 aromatic carbocycles. The molecule has 0 amide bonds. The van der Waals surface area contributed by atoms with Crippen LogP contribution in [0.15, 0.2) is 42.5 Å². The van der Waals surface area contributed by atoms with Crippen LogP contribution >= 0.6 is 0 Å². The molecule has 2 rings (SSSR count). The molecule has 0 saturated heterocycles. The number of aliphatic hydroxyl groups is 1. The molecule has 2 aromatic rings. The average molecular weight is 273 g/mol. The molecular weight excluding hydrogens is 250 g/mol. The number of hydrogen-bond donors (Lipinski definition) is 2. The second kappa shape index (κ2) is 6.84. The van der Waals surface area contributed by atoms with E-state index in [1.165, 1.54) is 0 Å². The summed E-state index contributed by atoms with van der Waals surface area (Å²) in [5.41, 5.74) is 0.158. The number of nitrogens with one attached hydrogen (secondary N) is 1. The maximum atomic E-state index is 10.8. The molecule has 3 heteroatoms. The molecule has 1 unspecified atom stereocenters. The van der Waals surface area contributed by atoms with Crippen molar-refractivity contribution < 1.29 is 9.84 Å². The molecule has 0 spiro atoms. The van der Waals surface area contributed by atoms with Crippen LogP contribution in [0, 0.1) is 0 Å². The molecule has 0 aliphatic rings. The molecule has 0 bridgehead atoms. The molecule has 0 aliphatic heterocycles. The largest absolute Gasteiger partial charge is 0.385 e. The highest BCUT2D eigenvalue weighted by Gasteiger charge is 2.24. The van der Waals surface area contributed by atoms with E-state index in [4.69, 9.17) is 4.74 Å². The van der Waals surface area contributed by atoms with E-state index in [9.17, 15) is 5.11 Å². The van der Waals surface area contributed by atoms with Gasteiger partial charge in [0.25, 0.3) is 0 Å². The second-order valence-electron chi connectivity index (χ2n) is 5.29. The zero-order valence-corrected chi connectivity index (χ0v) is 12.2. The molecular formula is C17H23NO2. The van der Waals surface area contributed by atoms with Gasteiger partial charge in [0.05, 0.1) is 12.2 Å². The summed E-state index contributed by atoms with van der Waals surface area (Å²) in [6.45, 7) is 4.14. The van der Waals surface area contributed by atoms with E-state index < -0.39 is 5.60 Å². The van der Waals surface area contributed by atoms with E-state index in [-0.39, 0.29) is 0 Å². The zero-order chi connectivity index (χ0) is 14.4. The SMILES string of the molecule is COCCNCCC(C)(O)c1cccc2ccccc12. The van der Waals surface area contributed by atoms with Gasteiger partial charge >= 0.3 is 0 Å². The third-order valence-corrected chi connectivity index (χ3v) is 3.64. The predicted octanol–water partition coefficient (Wildman–Crippen LogP) is 2.67. The van der Waals surface area contributed by atoms with Crippen molar-refractivity contribution in [3.63, 3.8) is 0 Å². The molecule has 0 heterocycles. The van der Waals surface area contributed by atoms with Gasteiger partial charge in [0.15, 0.2) is 0 Å². The Morgan fingerprint density at radius 3 is 2.65 bits per heavy atom. The number of benzene rings is 2. The van der Waals surface area contributed by atoms with Gasteiger partial charge in [0.1, 0.15) is 0 Å². The standard InChI is InChI=1S/C17H23NO2/c1-17(19,10-11-18-12-13-20-2)16-9-5-7-14-6-3-4-8-15(14)16/h3-9,18-19H,10-13H2,1-2H3. The van der Waals surface area contributed by atoms with Gasteiger partial charge in [-0.3, -0.25) is 0 Å². The Morgan fingerprint density at radius 1 is 1.10 bits per heavy atom. The minimum Gasteiger partial charge on any atom is -0.385 e. The fraction of sp³-hybridized carbons (Fsp3) is 0.412. The van der Waals surface area contributed by atoms with E-state index in [2.05, 4.69) is 23.5 Å². The summed E-state index contributed by atoms with van der Waals surface area (Å²) >= 11 is 0. The Hall–Kier alpha value is -1.42. The van der Waals surface area contributed by atoms with Crippen LogP contribution in [0.3, 0.4) is 0 Å². The third kappa shape index (κ3) is 3.57. The van der Waals surface area contributed by atoms with Gasteiger partial charge in [0, 0.05) is 13.7 Å². The van der Waals surface area contributed by atoms with E-state index in [0.29, 0.717) is 13.0 Å². The molecule has 1 atom stereocenters. The maximum absolute atomic E-state index is 10.8. The summed E-state index contributed by atoms with van der Waals surface area (Å²) in [6, 6.07) is 14.3. The van der Waals surface area contributed by atoms with Gasteiger partial charge < -0.3 is 15.2 Å². The number of fused-ring (bicyclic) bond motifs is 1. The highest BCUT2D eigenvalue weighted by Crippen LogP contribution is 2.30. The number of rotatable bonds is 7. The first-order valence-corrected chi connectivity index (χ1v) is 7.05. The lowest BCUT2D eigenvalue weighted by atomic mass is 9.88. The van der Waals surface area contributed by atoms with Gasteiger partial charge in [-0.05, 0) is 36.2 Å². The Balaban J connectivity index is 2.11. The van der Waals surface area contributed by atoms with E-state index in [0.717, 1.165) is 29.4 Å². The summed E-state index contributed by atoms with van der Waals surface area (Å²) in [4.78, 5) is 0. The lowest BCUT2D eigenvalue weighted by Gasteiger charge is -2.25. The second-order valence-corrected chi connectivity index (χ2v) is 5.29. The van der Waals surface area contributed by atoms with E-state index in [1.54, 1.807) is 7.11 Å². The summed E-state index contributed by atoms with van der Waals surface area (Å²) in [7, 11) is 1.69. The normalized spacial score (nSPS) is 14.3. The van der Waals surface area contributed by atoms with Crippen LogP contribution in [-0.2, 0) is 10.3 Å². The van der Waals surface area contributed by atoms with Gasteiger partial charge in [-0.15, -0.1) is 0 Å². The Kier molecular flexibility index (Phi) is 5.12. The fourth-order valence-electron chi connectivity index (χ4n) is 2.46. The molecule has 0 saturated carbocycles. The topological polar surface area (TPSA) is 41.5 Å². The number of hydrogen-bond acceptors (Lipinski definition) is 3. The summed E-state index contributed by atoms with van der Waals surface area (Å²) in [5, 5.41) is 16.3. The number of ether oxygens (including phenoxy) is 1. The summed E-state index contributed by atoms with van der Waals surface area (Å²) < 4.78 is 4.99. The third-order valence-electron chi connectivity index (χ3n) is 3.64. The number of methoxy groups -OCH3 is 1. The molecule has 108 valence electrons. The minimum atomic E-state index is -0.832. The van der Waals surface area contributed by atoms with Gasteiger partial charge in [0.2, 0.25) is 0 Å².